The molecule has 0 spiro atoms. The van der Waals surface area contributed by atoms with Crippen LogP contribution in [0.2, 0.25) is 0 Å². The first-order valence-electron chi connectivity index (χ1n) is 6.37. The molecule has 0 aromatic heterocycles. The third-order valence-corrected chi connectivity index (χ3v) is 3.05. The molecule has 3 nitrogen and oxygen atoms in total. The average Bonchev–Trinajstić information content (AvgIpc) is 2.13. The van der Waals surface area contributed by atoms with Crippen LogP contribution in [0, 0.1) is 5.92 Å². The molecule has 0 radical (unpaired) electrons. The van der Waals surface area contributed by atoms with Gasteiger partial charge in [0.2, 0.25) is 0 Å². The molecule has 3 heteroatoms. The molecule has 0 fully saturated rings. The lowest BCUT2D eigenvalue weighted by molar-refractivity contribution is 0.0136. The predicted molar refractivity (Wildman–Crippen MR) is 75.3 cm³/mol. The normalized spacial score (nSPS) is 18.7. The highest BCUT2D eigenvalue weighted by atomic mass is 16.3. The Morgan fingerprint density at radius 2 is 1.56 bits per heavy atom. The van der Waals surface area contributed by atoms with Crippen molar-refractivity contribution < 1.29 is 15.3 Å². The van der Waals surface area contributed by atoms with Gasteiger partial charge in [-0.15, -0.1) is 0 Å². The van der Waals surface area contributed by atoms with E-state index in [-0.39, 0.29) is 5.92 Å². The summed E-state index contributed by atoms with van der Waals surface area (Å²) < 4.78 is 0. The van der Waals surface area contributed by atoms with Gasteiger partial charge in [0.1, 0.15) is 0 Å². The van der Waals surface area contributed by atoms with E-state index < -0.39 is 16.8 Å². The molecule has 0 amide bonds. The van der Waals surface area contributed by atoms with Crippen molar-refractivity contribution in [2.24, 2.45) is 5.92 Å². The number of hydrogen-bond donors (Lipinski definition) is 3. The molecule has 0 aliphatic rings. The van der Waals surface area contributed by atoms with Crippen molar-refractivity contribution in [1.29, 1.82) is 0 Å². The van der Waals surface area contributed by atoms with Crippen LogP contribution in [0.1, 0.15) is 47.5 Å². The van der Waals surface area contributed by atoms with Gasteiger partial charge in [0.25, 0.3) is 0 Å². The van der Waals surface area contributed by atoms with Crippen LogP contribution in [0.25, 0.3) is 0 Å². The van der Waals surface area contributed by atoms with Crippen molar-refractivity contribution >= 4 is 0 Å². The lowest BCUT2D eigenvalue weighted by atomic mass is 9.83. The van der Waals surface area contributed by atoms with Gasteiger partial charge in [0.05, 0.1) is 16.8 Å². The first kappa shape index (κ1) is 17.4. The van der Waals surface area contributed by atoms with E-state index in [1.165, 1.54) is 6.08 Å². The molecule has 0 saturated heterocycles. The van der Waals surface area contributed by atoms with E-state index >= 15 is 0 Å². The Kier molecular flexibility index (Phi) is 5.79. The zero-order valence-corrected chi connectivity index (χ0v) is 12.3. The predicted octanol–water partition coefficient (Wildman–Crippen LogP) is 2.42. The Labute approximate surface area is 111 Å². The van der Waals surface area contributed by atoms with E-state index in [4.69, 9.17) is 0 Å². The van der Waals surface area contributed by atoms with Crippen molar-refractivity contribution in [2.75, 3.05) is 0 Å². The molecular formula is C15H28O3. The molecule has 18 heavy (non-hydrogen) atoms. The third-order valence-electron chi connectivity index (χ3n) is 3.05. The van der Waals surface area contributed by atoms with E-state index in [2.05, 4.69) is 6.58 Å². The fraction of sp³-hybridized carbons (Fsp3) is 0.733. The molecule has 0 aromatic carbocycles. The van der Waals surface area contributed by atoms with Crippen molar-refractivity contribution in [3.8, 4) is 0 Å². The standard InChI is InChI=1S/C15H28O3/c1-7-15(6,18)11-9-12(14(4,5)17)8-10-13(2,3)16/h7,9,11-12,16-18H,1,8,10H2,2-6H3/b11-9+/t12-,15?/m0/s1. The van der Waals surface area contributed by atoms with Gasteiger partial charge < -0.3 is 15.3 Å². The molecule has 0 bridgehead atoms. The zero-order chi connectivity index (χ0) is 14.6. The maximum Gasteiger partial charge on any atom is 0.0978 e. The van der Waals surface area contributed by atoms with Crippen molar-refractivity contribution in [1.82, 2.24) is 0 Å². The van der Waals surface area contributed by atoms with Gasteiger partial charge in [-0.1, -0.05) is 24.8 Å². The number of hydrogen-bond acceptors (Lipinski definition) is 3. The van der Waals surface area contributed by atoms with E-state index in [1.807, 2.05) is 0 Å². The third kappa shape index (κ3) is 7.64. The smallest absolute Gasteiger partial charge is 0.0978 e. The lowest BCUT2D eigenvalue weighted by Gasteiger charge is -2.30. The van der Waals surface area contributed by atoms with Crippen LogP contribution in [-0.4, -0.2) is 32.1 Å². The summed E-state index contributed by atoms with van der Waals surface area (Å²) in [6, 6.07) is 0. The second kappa shape index (κ2) is 6.00. The van der Waals surface area contributed by atoms with Crippen molar-refractivity contribution in [3.05, 3.63) is 24.8 Å². The molecule has 0 saturated carbocycles. The average molecular weight is 256 g/mol. The van der Waals surface area contributed by atoms with Crippen LogP contribution in [0.4, 0.5) is 0 Å². The van der Waals surface area contributed by atoms with Crippen LogP contribution in [-0.2, 0) is 0 Å². The minimum atomic E-state index is -1.07. The topological polar surface area (TPSA) is 60.7 Å². The van der Waals surface area contributed by atoms with Gasteiger partial charge in [-0.25, -0.2) is 0 Å². The minimum absolute atomic E-state index is 0.129. The number of aliphatic hydroxyl groups is 3. The van der Waals surface area contributed by atoms with Gasteiger partial charge in [-0.2, -0.15) is 0 Å². The van der Waals surface area contributed by atoms with Gasteiger partial charge >= 0.3 is 0 Å². The first-order valence-corrected chi connectivity index (χ1v) is 6.37. The Bertz CT molecular complexity index is 290. The zero-order valence-electron chi connectivity index (χ0n) is 12.3. The summed E-state index contributed by atoms with van der Waals surface area (Å²) >= 11 is 0. The van der Waals surface area contributed by atoms with Crippen molar-refractivity contribution in [2.45, 2.75) is 64.3 Å². The Morgan fingerprint density at radius 3 is 1.89 bits per heavy atom. The summed E-state index contributed by atoms with van der Waals surface area (Å²) in [7, 11) is 0. The molecule has 3 N–H and O–H groups in total. The highest BCUT2D eigenvalue weighted by molar-refractivity contribution is 5.11. The molecule has 0 aromatic rings. The van der Waals surface area contributed by atoms with Gasteiger partial charge in [0.15, 0.2) is 0 Å². The Morgan fingerprint density at radius 1 is 1.06 bits per heavy atom. The highest BCUT2D eigenvalue weighted by Gasteiger charge is 2.27. The van der Waals surface area contributed by atoms with Crippen LogP contribution >= 0.6 is 0 Å². The molecule has 106 valence electrons. The SMILES string of the molecule is C=CC(C)(O)/C=C/[C@H](CCC(C)(C)O)C(C)(C)O. The summed E-state index contributed by atoms with van der Waals surface area (Å²) in [5.74, 6) is -0.129. The quantitative estimate of drug-likeness (QED) is 0.613. The summed E-state index contributed by atoms with van der Waals surface area (Å²) in [6.45, 7) is 12.1. The molecule has 1 unspecified atom stereocenters. The number of rotatable bonds is 7. The molecule has 2 atom stereocenters. The van der Waals surface area contributed by atoms with E-state index in [0.717, 1.165) is 0 Å². The maximum absolute atomic E-state index is 10.1. The molecular weight excluding hydrogens is 228 g/mol. The lowest BCUT2D eigenvalue weighted by Crippen LogP contribution is -2.32. The second-order valence-electron chi connectivity index (χ2n) is 6.40. The molecule has 0 rings (SSSR count). The van der Waals surface area contributed by atoms with E-state index in [1.54, 1.807) is 46.8 Å². The molecule has 0 heterocycles. The van der Waals surface area contributed by atoms with E-state index in [0.29, 0.717) is 12.8 Å². The minimum Gasteiger partial charge on any atom is -0.390 e. The summed E-state index contributed by atoms with van der Waals surface area (Å²) in [6.07, 6.45) is 6.11. The van der Waals surface area contributed by atoms with Gasteiger partial charge in [-0.05, 0) is 47.5 Å². The Hall–Kier alpha value is -0.640. The fourth-order valence-electron chi connectivity index (χ4n) is 1.57. The van der Waals surface area contributed by atoms with Crippen molar-refractivity contribution in [3.63, 3.8) is 0 Å². The second-order valence-corrected chi connectivity index (χ2v) is 6.40. The van der Waals surface area contributed by atoms with Crippen LogP contribution in [0.5, 0.6) is 0 Å². The van der Waals surface area contributed by atoms with Crippen LogP contribution in [0.3, 0.4) is 0 Å². The first-order chi connectivity index (χ1) is 7.87. The molecule has 0 aliphatic heterocycles. The van der Waals surface area contributed by atoms with E-state index in [9.17, 15) is 15.3 Å². The molecule has 0 aliphatic carbocycles. The monoisotopic (exact) mass is 256 g/mol. The maximum atomic E-state index is 10.1. The fourth-order valence-corrected chi connectivity index (χ4v) is 1.57. The van der Waals surface area contributed by atoms with Gasteiger partial charge in [-0.3, -0.25) is 0 Å². The summed E-state index contributed by atoms with van der Waals surface area (Å²) in [5, 5.41) is 29.7. The van der Waals surface area contributed by atoms with Crippen LogP contribution in [0.15, 0.2) is 24.8 Å². The largest absolute Gasteiger partial charge is 0.390 e. The Balaban J connectivity index is 4.78. The summed E-state index contributed by atoms with van der Waals surface area (Å²) in [5.41, 5.74) is -2.71. The van der Waals surface area contributed by atoms with Gasteiger partial charge in [0, 0.05) is 5.92 Å². The highest BCUT2D eigenvalue weighted by Crippen LogP contribution is 2.27. The van der Waals surface area contributed by atoms with Crippen LogP contribution < -0.4 is 0 Å². The summed E-state index contributed by atoms with van der Waals surface area (Å²) in [4.78, 5) is 0.